The highest BCUT2D eigenvalue weighted by atomic mass is 32.2. The van der Waals surface area contributed by atoms with Crippen LogP contribution in [-0.4, -0.2) is 34.2 Å². The number of benzene rings is 1. The molecule has 1 atom stereocenters. The summed E-state index contributed by atoms with van der Waals surface area (Å²) in [6.07, 6.45) is 0. The monoisotopic (exact) mass is 402 g/mol. The lowest BCUT2D eigenvalue weighted by Crippen LogP contribution is -2.30. The molecule has 9 heteroatoms. The Balaban J connectivity index is 2.24. The molecule has 0 aliphatic carbocycles. The quantitative estimate of drug-likeness (QED) is 0.736. The van der Waals surface area contributed by atoms with Crippen LogP contribution in [0.25, 0.3) is 0 Å². The Bertz CT molecular complexity index is 885. The molecular formula is C16H22N2O4S3. The van der Waals surface area contributed by atoms with Gasteiger partial charge >= 0.3 is 0 Å². The van der Waals surface area contributed by atoms with E-state index in [2.05, 4.69) is 4.72 Å². The van der Waals surface area contributed by atoms with Gasteiger partial charge in [-0.3, -0.25) is 0 Å². The number of sulfonamides is 2. The highest BCUT2D eigenvalue weighted by Gasteiger charge is 2.23. The molecule has 0 amide bonds. The summed E-state index contributed by atoms with van der Waals surface area (Å²) < 4.78 is 53.8. The minimum absolute atomic E-state index is 0.0365. The summed E-state index contributed by atoms with van der Waals surface area (Å²) in [4.78, 5) is 1.03. The molecule has 2 aromatic rings. The van der Waals surface area contributed by atoms with Crippen LogP contribution in [0.2, 0.25) is 0 Å². The predicted molar refractivity (Wildman–Crippen MR) is 99.6 cm³/mol. The third-order valence-electron chi connectivity index (χ3n) is 3.78. The minimum Gasteiger partial charge on any atom is -0.207 e. The Kier molecular flexibility index (Phi) is 6.39. The van der Waals surface area contributed by atoms with E-state index in [4.69, 9.17) is 0 Å². The number of thiophene rings is 1. The molecule has 25 heavy (non-hydrogen) atoms. The number of nitrogens with one attached hydrogen (secondary N) is 1. The van der Waals surface area contributed by atoms with E-state index in [0.717, 1.165) is 4.88 Å². The largest absolute Gasteiger partial charge is 0.243 e. The van der Waals surface area contributed by atoms with Crippen LogP contribution in [0.3, 0.4) is 0 Å². The second kappa shape index (κ2) is 7.96. The molecule has 0 saturated carbocycles. The molecule has 1 heterocycles. The number of hydrogen-bond donors (Lipinski definition) is 1. The van der Waals surface area contributed by atoms with Gasteiger partial charge in [-0.25, -0.2) is 21.6 Å². The minimum atomic E-state index is -3.73. The lowest BCUT2D eigenvalue weighted by molar-refractivity contribution is 0.445. The van der Waals surface area contributed by atoms with Crippen LogP contribution in [0.1, 0.15) is 31.7 Å². The van der Waals surface area contributed by atoms with Crippen LogP contribution < -0.4 is 4.72 Å². The molecule has 6 nitrogen and oxygen atoms in total. The Morgan fingerprint density at radius 2 is 1.56 bits per heavy atom. The third kappa shape index (κ3) is 4.48. The van der Waals surface area contributed by atoms with Gasteiger partial charge in [0.15, 0.2) is 0 Å². The van der Waals surface area contributed by atoms with Crippen molar-refractivity contribution in [3.05, 3.63) is 46.7 Å². The number of hydrogen-bond acceptors (Lipinski definition) is 5. The highest BCUT2D eigenvalue weighted by Crippen LogP contribution is 2.22. The van der Waals surface area contributed by atoms with E-state index in [1.807, 2.05) is 17.5 Å². The molecule has 0 bridgehead atoms. The van der Waals surface area contributed by atoms with Gasteiger partial charge in [0.05, 0.1) is 15.8 Å². The lowest BCUT2D eigenvalue weighted by atomic mass is 10.3. The molecule has 0 radical (unpaired) electrons. The van der Waals surface area contributed by atoms with Crippen molar-refractivity contribution in [3.63, 3.8) is 0 Å². The number of rotatable bonds is 8. The van der Waals surface area contributed by atoms with Gasteiger partial charge in [0.1, 0.15) is 0 Å². The van der Waals surface area contributed by atoms with E-state index in [1.54, 1.807) is 20.8 Å². The van der Waals surface area contributed by atoms with Crippen LogP contribution in [0.15, 0.2) is 51.6 Å². The van der Waals surface area contributed by atoms with E-state index in [0.29, 0.717) is 13.1 Å². The topological polar surface area (TPSA) is 83.6 Å². The van der Waals surface area contributed by atoms with Crippen molar-refractivity contribution in [2.24, 2.45) is 0 Å². The summed E-state index contributed by atoms with van der Waals surface area (Å²) in [5, 5.41) is 1.88. The molecule has 1 N–H and O–H groups in total. The molecule has 0 spiro atoms. The maximum atomic E-state index is 12.5. The maximum absolute atomic E-state index is 12.5. The molecule has 2 rings (SSSR count). The van der Waals surface area contributed by atoms with Crippen LogP contribution in [0, 0.1) is 0 Å². The van der Waals surface area contributed by atoms with Gasteiger partial charge in [-0.05, 0) is 42.6 Å². The standard InChI is InChI=1S/C16H22N2O4S3/c1-4-18(5-2)25(21,22)15-10-8-14(9-11-15)24(19,20)17-13(3)16-7-6-12-23-16/h6-13,17H,4-5H2,1-3H3/t13-/m0/s1. The van der Waals surface area contributed by atoms with Crippen LogP contribution in [0.5, 0.6) is 0 Å². The van der Waals surface area contributed by atoms with Gasteiger partial charge in [-0.15, -0.1) is 11.3 Å². The van der Waals surface area contributed by atoms with E-state index in [9.17, 15) is 16.8 Å². The van der Waals surface area contributed by atoms with Gasteiger partial charge < -0.3 is 0 Å². The maximum Gasteiger partial charge on any atom is 0.243 e. The van der Waals surface area contributed by atoms with E-state index in [-0.39, 0.29) is 15.8 Å². The van der Waals surface area contributed by atoms with E-state index >= 15 is 0 Å². The van der Waals surface area contributed by atoms with Gasteiger partial charge in [-0.1, -0.05) is 19.9 Å². The summed E-state index contributed by atoms with van der Waals surface area (Å²) in [5.41, 5.74) is 0. The predicted octanol–water partition coefficient (Wildman–Crippen LogP) is 2.82. The van der Waals surface area contributed by atoms with Crippen molar-refractivity contribution in [2.45, 2.75) is 36.6 Å². The molecule has 0 unspecified atom stereocenters. The first-order chi connectivity index (χ1) is 11.7. The fourth-order valence-corrected chi connectivity index (χ4v) is 5.89. The number of nitrogens with zero attached hydrogens (tertiary/aromatic N) is 1. The molecule has 0 fully saturated rings. The summed E-state index contributed by atoms with van der Waals surface area (Å²) >= 11 is 1.47. The first kappa shape index (κ1) is 20.1. The van der Waals surface area contributed by atoms with Crippen molar-refractivity contribution in [1.29, 1.82) is 0 Å². The lowest BCUT2D eigenvalue weighted by Gasteiger charge is -2.18. The molecule has 0 saturated heterocycles. The highest BCUT2D eigenvalue weighted by molar-refractivity contribution is 7.89. The fraction of sp³-hybridized carbons (Fsp3) is 0.375. The Hall–Kier alpha value is -1.26. The zero-order valence-electron chi connectivity index (χ0n) is 14.3. The zero-order chi connectivity index (χ0) is 18.7. The third-order valence-corrected chi connectivity index (χ3v) is 8.45. The van der Waals surface area contributed by atoms with Crippen molar-refractivity contribution in [2.75, 3.05) is 13.1 Å². The van der Waals surface area contributed by atoms with Gasteiger partial charge in [0.2, 0.25) is 20.0 Å². The first-order valence-corrected chi connectivity index (χ1v) is 11.7. The summed E-state index contributed by atoms with van der Waals surface area (Å²) in [5.74, 6) is 0. The normalized spacial score (nSPS) is 13.9. The molecule has 0 aliphatic rings. The Labute approximate surface area is 153 Å². The second-order valence-corrected chi connectivity index (χ2v) is 10.1. The van der Waals surface area contributed by atoms with Crippen molar-refractivity contribution < 1.29 is 16.8 Å². The van der Waals surface area contributed by atoms with Crippen molar-refractivity contribution >= 4 is 31.4 Å². The van der Waals surface area contributed by atoms with Crippen molar-refractivity contribution in [1.82, 2.24) is 9.03 Å². The van der Waals surface area contributed by atoms with Crippen molar-refractivity contribution in [3.8, 4) is 0 Å². The second-order valence-electron chi connectivity index (χ2n) is 5.42. The van der Waals surface area contributed by atoms with E-state index < -0.39 is 20.0 Å². The van der Waals surface area contributed by atoms with Crippen LogP contribution in [-0.2, 0) is 20.0 Å². The first-order valence-electron chi connectivity index (χ1n) is 7.88. The molecule has 0 aliphatic heterocycles. The van der Waals surface area contributed by atoms with Crippen LogP contribution >= 0.6 is 11.3 Å². The Morgan fingerprint density at radius 3 is 2.04 bits per heavy atom. The molecule has 1 aromatic heterocycles. The zero-order valence-corrected chi connectivity index (χ0v) is 16.8. The van der Waals surface area contributed by atoms with Gasteiger partial charge in [0.25, 0.3) is 0 Å². The van der Waals surface area contributed by atoms with Gasteiger partial charge in [-0.2, -0.15) is 4.31 Å². The summed E-state index contributed by atoms with van der Waals surface area (Å²) in [6.45, 7) is 6.01. The average molecular weight is 403 g/mol. The van der Waals surface area contributed by atoms with Crippen LogP contribution in [0.4, 0.5) is 0 Å². The SMILES string of the molecule is CCN(CC)S(=O)(=O)c1ccc(S(=O)(=O)N[C@@H](C)c2cccs2)cc1. The molecule has 1 aromatic carbocycles. The smallest absolute Gasteiger partial charge is 0.207 e. The molecule has 138 valence electrons. The average Bonchev–Trinajstić information content (AvgIpc) is 3.10. The fourth-order valence-electron chi connectivity index (χ4n) is 2.40. The van der Waals surface area contributed by atoms with E-state index in [1.165, 1.54) is 39.9 Å². The summed E-state index contributed by atoms with van der Waals surface area (Å²) in [6, 6.07) is 8.66. The molecular weight excluding hydrogens is 380 g/mol. The van der Waals surface area contributed by atoms with Gasteiger partial charge in [0, 0.05) is 18.0 Å². The Morgan fingerprint density at radius 1 is 1.00 bits per heavy atom. The summed E-state index contributed by atoms with van der Waals surface area (Å²) in [7, 11) is -7.33.